The molecule has 0 bridgehead atoms. The molecule has 1 heterocycles. The average molecular weight is 537 g/mol. The maximum atomic E-state index is 13.0. The van der Waals surface area contributed by atoms with Gasteiger partial charge >= 0.3 is 18.1 Å². The highest BCUT2D eigenvalue weighted by molar-refractivity contribution is 7.93. The van der Waals surface area contributed by atoms with E-state index in [0.717, 1.165) is 22.8 Å². The van der Waals surface area contributed by atoms with E-state index in [2.05, 4.69) is 14.7 Å². The van der Waals surface area contributed by atoms with Gasteiger partial charge in [-0.05, 0) is 30.5 Å². The quantitative estimate of drug-likeness (QED) is 0.400. The number of carbonyl (C=O) groups is 2. The minimum absolute atomic E-state index is 0.0142. The number of hydrogen-bond donors (Lipinski definition) is 2. The number of alkyl halides is 3. The molecular formula is C24H23F3N4O5S. The second-order valence-electron chi connectivity index (χ2n) is 8.02. The van der Waals surface area contributed by atoms with E-state index in [1.807, 2.05) is 30.3 Å². The molecule has 1 aromatic heterocycles. The van der Waals surface area contributed by atoms with Crippen LogP contribution in [0.2, 0.25) is 0 Å². The monoisotopic (exact) mass is 536 g/mol. The third-order valence-corrected chi connectivity index (χ3v) is 6.85. The van der Waals surface area contributed by atoms with Gasteiger partial charge in [-0.2, -0.15) is 13.2 Å². The van der Waals surface area contributed by atoms with Crippen molar-refractivity contribution in [3.8, 4) is 11.4 Å². The van der Waals surface area contributed by atoms with Crippen molar-refractivity contribution >= 4 is 27.3 Å². The molecule has 0 fully saturated rings. The molecule has 2 N–H and O–H groups in total. The van der Waals surface area contributed by atoms with Crippen molar-refractivity contribution in [2.75, 3.05) is 18.1 Å². The Labute approximate surface area is 210 Å². The normalized spacial score (nSPS) is 13.0. The Morgan fingerprint density at radius 1 is 1.11 bits per heavy atom. The number of nitrogens with one attached hydrogen (secondary N) is 1. The Morgan fingerprint density at radius 3 is 2.35 bits per heavy atom. The van der Waals surface area contributed by atoms with E-state index in [9.17, 15) is 36.9 Å². The number of hydrogen-bond acceptors (Lipinski definition) is 6. The smallest absolute Gasteiger partial charge is 0.474 e. The molecule has 2 aromatic carbocycles. The predicted octanol–water partition coefficient (Wildman–Crippen LogP) is 3.59. The Morgan fingerprint density at radius 2 is 1.76 bits per heavy atom. The van der Waals surface area contributed by atoms with E-state index < -0.39 is 39.9 Å². The second kappa shape index (κ2) is 11.4. The van der Waals surface area contributed by atoms with E-state index in [1.165, 1.54) is 30.5 Å². The zero-order valence-corrected chi connectivity index (χ0v) is 20.4. The summed E-state index contributed by atoms with van der Waals surface area (Å²) in [5.41, 5.74) is 0.864. The molecule has 0 aliphatic carbocycles. The fraction of sp³-hybridized carbons (Fsp3) is 0.250. The second-order valence-corrected chi connectivity index (χ2v) is 10.3. The third kappa shape index (κ3) is 7.26. The summed E-state index contributed by atoms with van der Waals surface area (Å²) in [5.74, 6) is -3.77. The van der Waals surface area contributed by atoms with Gasteiger partial charge in [-0.25, -0.2) is 9.19 Å². The van der Waals surface area contributed by atoms with Gasteiger partial charge in [0.05, 0.1) is 15.9 Å². The van der Waals surface area contributed by atoms with Crippen LogP contribution in [-0.4, -0.2) is 49.7 Å². The number of amides is 1. The maximum Gasteiger partial charge on any atom is 0.474 e. The molecular weight excluding hydrogens is 513 g/mol. The first-order valence-electron chi connectivity index (χ1n) is 10.9. The van der Waals surface area contributed by atoms with E-state index in [1.54, 1.807) is 0 Å². The Balaban J connectivity index is 1.85. The lowest BCUT2D eigenvalue weighted by Crippen LogP contribution is -2.29. The maximum absolute atomic E-state index is 13.0. The zero-order chi connectivity index (χ0) is 27.2. The molecule has 196 valence electrons. The van der Waals surface area contributed by atoms with Crippen LogP contribution in [0.25, 0.3) is 11.4 Å². The molecule has 9 nitrogen and oxygen atoms in total. The van der Waals surface area contributed by atoms with Crippen LogP contribution >= 0.6 is 0 Å². The molecule has 13 heteroatoms. The van der Waals surface area contributed by atoms with Crippen molar-refractivity contribution < 1.29 is 32.1 Å². The summed E-state index contributed by atoms with van der Waals surface area (Å²) in [7, 11) is -3.71. The molecule has 1 atom stereocenters. The number of aliphatic carboxylic acids is 1. The molecule has 3 aromatic rings. The topological polar surface area (TPSA) is 131 Å². The first-order valence-corrected chi connectivity index (χ1v) is 12.8. The SMILES string of the molecule is CS(=O)(=NC(=O)C(F)(F)F)c1ccc(-c2ncc(NCCCc3ccccc3)c(=O)n2CC(=O)O)cc1. The molecule has 0 saturated carbocycles. The van der Waals surface area contributed by atoms with E-state index >= 15 is 0 Å². The van der Waals surface area contributed by atoms with Crippen molar-refractivity contribution in [1.29, 1.82) is 0 Å². The lowest BCUT2D eigenvalue weighted by molar-refractivity contribution is -0.169. The Bertz CT molecular complexity index is 1460. The van der Waals surface area contributed by atoms with Crippen LogP contribution in [0.4, 0.5) is 18.9 Å². The van der Waals surface area contributed by atoms with Gasteiger partial charge in [-0.1, -0.05) is 42.5 Å². The first kappa shape index (κ1) is 27.6. The number of aryl methyl sites for hydroxylation is 1. The van der Waals surface area contributed by atoms with Gasteiger partial charge in [0.1, 0.15) is 18.1 Å². The number of rotatable bonds is 9. The van der Waals surface area contributed by atoms with E-state index in [0.29, 0.717) is 13.0 Å². The Hall–Kier alpha value is -4.00. The van der Waals surface area contributed by atoms with Crippen LogP contribution in [0.5, 0.6) is 0 Å². The average Bonchev–Trinajstić information content (AvgIpc) is 2.83. The number of nitrogens with zero attached hydrogens (tertiary/aromatic N) is 3. The van der Waals surface area contributed by atoms with Crippen LogP contribution < -0.4 is 10.9 Å². The molecule has 0 radical (unpaired) electrons. The van der Waals surface area contributed by atoms with Crippen LogP contribution in [-0.2, 0) is 32.3 Å². The van der Waals surface area contributed by atoms with Gasteiger partial charge in [0.25, 0.3) is 5.56 Å². The van der Waals surface area contributed by atoms with Gasteiger partial charge in [0, 0.05) is 23.3 Å². The van der Waals surface area contributed by atoms with Crippen molar-refractivity contribution in [2.45, 2.75) is 30.5 Å². The molecule has 0 saturated heterocycles. The number of anilines is 1. The summed E-state index contributed by atoms with van der Waals surface area (Å²) in [4.78, 5) is 39.6. The van der Waals surface area contributed by atoms with Gasteiger partial charge in [0.2, 0.25) is 0 Å². The first-order chi connectivity index (χ1) is 17.4. The largest absolute Gasteiger partial charge is 0.480 e. The molecule has 0 aliphatic rings. The number of carbonyl (C=O) groups excluding carboxylic acids is 1. The summed E-state index contributed by atoms with van der Waals surface area (Å²) in [5, 5.41) is 12.3. The standard InChI is InChI=1S/C24H23F3N4O5S/c1-37(36,30-23(35)24(25,26)27)18-11-9-17(10-12-18)21-29-14-19(22(34)31(21)15-20(32)33)28-13-5-8-16-6-3-2-4-7-16/h2-4,6-7,9-12,14,28H,5,8,13,15H2,1H3,(H,32,33). The Kier molecular flexibility index (Phi) is 8.48. The van der Waals surface area contributed by atoms with Crippen molar-refractivity contribution in [2.24, 2.45) is 4.36 Å². The third-order valence-electron chi connectivity index (χ3n) is 5.19. The minimum Gasteiger partial charge on any atom is -0.480 e. The van der Waals surface area contributed by atoms with Crippen molar-refractivity contribution in [3.05, 3.63) is 76.7 Å². The van der Waals surface area contributed by atoms with Crippen molar-refractivity contribution in [3.63, 3.8) is 0 Å². The van der Waals surface area contributed by atoms with Crippen LogP contribution in [0, 0.1) is 0 Å². The number of carboxylic acids is 1. The highest BCUT2D eigenvalue weighted by atomic mass is 32.2. The minimum atomic E-state index is -5.26. The van der Waals surface area contributed by atoms with Crippen LogP contribution in [0.3, 0.4) is 0 Å². The summed E-state index contributed by atoms with van der Waals surface area (Å²) in [6.07, 6.45) is -1.61. The number of carboxylic acid groups (broad SMARTS) is 1. The summed E-state index contributed by atoms with van der Waals surface area (Å²) in [6.45, 7) is -0.250. The van der Waals surface area contributed by atoms with Gasteiger partial charge in [-0.3, -0.25) is 19.0 Å². The molecule has 1 unspecified atom stereocenters. The lowest BCUT2D eigenvalue weighted by Gasteiger charge is -2.14. The zero-order valence-electron chi connectivity index (χ0n) is 19.6. The molecule has 0 spiro atoms. The molecule has 0 aliphatic heterocycles. The summed E-state index contributed by atoms with van der Waals surface area (Å²) < 4.78 is 53.9. The fourth-order valence-electron chi connectivity index (χ4n) is 3.41. The number of aromatic nitrogens is 2. The van der Waals surface area contributed by atoms with Crippen LogP contribution in [0.1, 0.15) is 12.0 Å². The van der Waals surface area contributed by atoms with E-state index in [4.69, 9.17) is 0 Å². The number of halogens is 3. The summed E-state index contributed by atoms with van der Waals surface area (Å²) >= 11 is 0. The van der Waals surface area contributed by atoms with Crippen LogP contribution in [0.15, 0.2) is 74.8 Å². The predicted molar refractivity (Wildman–Crippen MR) is 131 cm³/mol. The van der Waals surface area contributed by atoms with Gasteiger partial charge < -0.3 is 10.4 Å². The fourth-order valence-corrected chi connectivity index (χ4v) is 4.57. The van der Waals surface area contributed by atoms with E-state index in [-0.39, 0.29) is 22.0 Å². The lowest BCUT2D eigenvalue weighted by atomic mass is 10.1. The highest BCUT2D eigenvalue weighted by Gasteiger charge is 2.39. The summed E-state index contributed by atoms with van der Waals surface area (Å²) in [6, 6.07) is 14.7. The molecule has 37 heavy (non-hydrogen) atoms. The number of benzene rings is 2. The highest BCUT2D eigenvalue weighted by Crippen LogP contribution is 2.23. The van der Waals surface area contributed by atoms with Gasteiger partial charge in [0.15, 0.2) is 0 Å². The molecule has 1 amide bonds. The van der Waals surface area contributed by atoms with Crippen molar-refractivity contribution in [1.82, 2.24) is 9.55 Å². The van der Waals surface area contributed by atoms with Gasteiger partial charge in [-0.15, -0.1) is 4.36 Å². The molecule has 3 rings (SSSR count).